The average Bonchev–Trinajstić information content (AvgIpc) is 3.47. The maximum atomic E-state index is 5.79. The van der Waals surface area contributed by atoms with Crippen molar-refractivity contribution >= 4 is 5.65 Å². The number of nitrogens with one attached hydrogen (secondary N) is 1. The van der Waals surface area contributed by atoms with Gasteiger partial charge in [-0.1, -0.05) is 36.8 Å². The highest BCUT2D eigenvalue weighted by Crippen LogP contribution is 2.32. The maximum Gasteiger partial charge on any atom is 0.138 e. The number of imidazole rings is 1. The Bertz CT molecular complexity index is 1300. The van der Waals surface area contributed by atoms with E-state index in [1.807, 2.05) is 37.4 Å². The molecule has 3 N–H and O–H groups in total. The normalized spacial score (nSPS) is 10.8. The molecular formula is C25H27N7. The lowest BCUT2D eigenvalue weighted by Crippen LogP contribution is -1.98. The highest BCUT2D eigenvalue weighted by molar-refractivity contribution is 5.80. The van der Waals surface area contributed by atoms with Crippen LogP contribution in [0.15, 0.2) is 67.1 Å². The van der Waals surface area contributed by atoms with Crippen molar-refractivity contribution in [1.82, 2.24) is 29.5 Å². The molecule has 0 aliphatic rings. The van der Waals surface area contributed by atoms with Crippen LogP contribution < -0.4 is 5.73 Å². The molecule has 0 saturated heterocycles. The number of benzene rings is 1. The summed E-state index contributed by atoms with van der Waals surface area (Å²) >= 11 is 0. The summed E-state index contributed by atoms with van der Waals surface area (Å²) in [6.45, 7) is 6.55. The van der Waals surface area contributed by atoms with Gasteiger partial charge in [-0.05, 0) is 50.1 Å². The molecule has 4 heterocycles. The first-order valence-electron chi connectivity index (χ1n) is 10.7. The molecule has 0 amide bonds. The van der Waals surface area contributed by atoms with E-state index in [9.17, 15) is 0 Å². The lowest BCUT2D eigenvalue weighted by Gasteiger charge is -2.06. The molecule has 5 rings (SSSR count). The third kappa shape index (κ3) is 4.58. The predicted octanol–water partition coefficient (Wildman–Crippen LogP) is 4.51. The van der Waals surface area contributed by atoms with Gasteiger partial charge in [0.1, 0.15) is 11.5 Å². The monoisotopic (exact) mass is 425 g/mol. The Balaban J connectivity index is 0.000000300. The minimum absolute atomic E-state index is 0.491. The first kappa shape index (κ1) is 21.4. The number of fused-ring (bicyclic) bond motifs is 1. The number of aromatic amines is 1. The zero-order valence-electron chi connectivity index (χ0n) is 18.6. The zero-order chi connectivity index (χ0) is 22.5. The highest BCUT2D eigenvalue weighted by Gasteiger charge is 2.17. The molecule has 7 heteroatoms. The van der Waals surface area contributed by atoms with Crippen LogP contribution in [0, 0.1) is 13.8 Å². The van der Waals surface area contributed by atoms with Crippen molar-refractivity contribution in [3.63, 3.8) is 0 Å². The number of hydrogen-bond acceptors (Lipinski definition) is 5. The average molecular weight is 426 g/mol. The number of aryl methyl sites for hydroxylation is 3. The van der Waals surface area contributed by atoms with E-state index in [1.165, 1.54) is 11.3 Å². The van der Waals surface area contributed by atoms with Crippen LogP contribution in [-0.4, -0.2) is 29.5 Å². The van der Waals surface area contributed by atoms with E-state index in [2.05, 4.69) is 62.7 Å². The van der Waals surface area contributed by atoms with Crippen LogP contribution >= 0.6 is 0 Å². The maximum absolute atomic E-state index is 5.79. The number of aromatic nitrogens is 6. The molecular weight excluding hydrogens is 398 g/mol. The SMILES string of the molecule is CCc1ccn[nH]1.Cc1ccc(-c2nc3cc(CN)ccn3c2-c2ccnc(C)n2)cc1. The highest BCUT2D eigenvalue weighted by atomic mass is 15.1. The molecule has 0 fully saturated rings. The van der Waals surface area contributed by atoms with Crippen molar-refractivity contribution in [3.05, 3.63) is 89.8 Å². The van der Waals surface area contributed by atoms with Crippen LogP contribution in [0.2, 0.25) is 0 Å². The Morgan fingerprint density at radius 3 is 2.41 bits per heavy atom. The van der Waals surface area contributed by atoms with E-state index in [-0.39, 0.29) is 0 Å². The van der Waals surface area contributed by atoms with Gasteiger partial charge in [0.15, 0.2) is 0 Å². The number of H-pyrrole nitrogens is 1. The van der Waals surface area contributed by atoms with Crippen LogP contribution in [0.25, 0.3) is 28.3 Å². The van der Waals surface area contributed by atoms with Crippen LogP contribution in [0.4, 0.5) is 0 Å². The molecule has 162 valence electrons. The van der Waals surface area contributed by atoms with E-state index in [0.717, 1.165) is 46.1 Å². The van der Waals surface area contributed by atoms with E-state index in [4.69, 9.17) is 10.7 Å². The molecule has 0 spiro atoms. The topological polar surface area (TPSA) is 97.8 Å². The Morgan fingerprint density at radius 2 is 1.78 bits per heavy atom. The third-order valence-electron chi connectivity index (χ3n) is 5.21. The van der Waals surface area contributed by atoms with Crippen molar-refractivity contribution in [1.29, 1.82) is 0 Å². The molecule has 0 atom stereocenters. The number of hydrogen-bond donors (Lipinski definition) is 2. The molecule has 0 aliphatic carbocycles. The molecule has 0 saturated carbocycles. The minimum atomic E-state index is 0.491. The summed E-state index contributed by atoms with van der Waals surface area (Å²) in [5.41, 5.74) is 13.9. The molecule has 32 heavy (non-hydrogen) atoms. The molecule has 0 bridgehead atoms. The summed E-state index contributed by atoms with van der Waals surface area (Å²) < 4.78 is 2.07. The van der Waals surface area contributed by atoms with Crippen molar-refractivity contribution in [2.45, 2.75) is 33.7 Å². The van der Waals surface area contributed by atoms with Crippen molar-refractivity contribution < 1.29 is 0 Å². The van der Waals surface area contributed by atoms with Gasteiger partial charge in [0.2, 0.25) is 0 Å². The Morgan fingerprint density at radius 1 is 0.969 bits per heavy atom. The van der Waals surface area contributed by atoms with E-state index >= 15 is 0 Å². The van der Waals surface area contributed by atoms with Crippen molar-refractivity contribution in [2.24, 2.45) is 5.73 Å². The number of nitrogens with zero attached hydrogens (tertiary/aromatic N) is 5. The molecule has 7 nitrogen and oxygen atoms in total. The van der Waals surface area contributed by atoms with Crippen LogP contribution in [0.3, 0.4) is 0 Å². The Kier molecular flexibility index (Phi) is 6.37. The van der Waals surface area contributed by atoms with Gasteiger partial charge in [0.25, 0.3) is 0 Å². The second kappa shape index (κ2) is 9.53. The molecule has 1 aromatic carbocycles. The largest absolute Gasteiger partial charge is 0.326 e. The Hall–Kier alpha value is -3.84. The standard InChI is InChI=1S/C20H19N5.C5H8N2/c1-13-3-5-16(6-4-13)19-20(17-7-9-22-14(2)23-17)25-10-8-15(12-21)11-18(25)24-19;1-2-5-3-4-6-7-5/h3-11H,12,21H2,1-2H3;3-4H,2H2,1H3,(H,6,7). The zero-order valence-corrected chi connectivity index (χ0v) is 18.6. The molecule has 5 aromatic rings. The van der Waals surface area contributed by atoms with Crippen molar-refractivity contribution in [3.8, 4) is 22.6 Å². The lowest BCUT2D eigenvalue weighted by atomic mass is 10.1. The van der Waals surface area contributed by atoms with Crippen LogP contribution in [0.1, 0.15) is 29.6 Å². The van der Waals surface area contributed by atoms with Gasteiger partial charge in [-0.3, -0.25) is 9.50 Å². The summed E-state index contributed by atoms with van der Waals surface area (Å²) in [7, 11) is 0. The van der Waals surface area contributed by atoms with E-state index in [1.54, 1.807) is 12.4 Å². The second-order valence-electron chi connectivity index (χ2n) is 7.57. The third-order valence-corrected chi connectivity index (χ3v) is 5.21. The quantitative estimate of drug-likeness (QED) is 0.442. The number of nitrogens with two attached hydrogens (primary N) is 1. The molecule has 0 radical (unpaired) electrons. The van der Waals surface area contributed by atoms with Crippen LogP contribution in [0.5, 0.6) is 0 Å². The first-order valence-corrected chi connectivity index (χ1v) is 10.7. The fourth-order valence-electron chi connectivity index (χ4n) is 3.44. The van der Waals surface area contributed by atoms with E-state index < -0.39 is 0 Å². The van der Waals surface area contributed by atoms with E-state index in [0.29, 0.717) is 6.54 Å². The van der Waals surface area contributed by atoms with Crippen molar-refractivity contribution in [2.75, 3.05) is 0 Å². The lowest BCUT2D eigenvalue weighted by molar-refractivity contribution is 0.975. The summed E-state index contributed by atoms with van der Waals surface area (Å²) in [6.07, 6.45) is 6.60. The fourth-order valence-corrected chi connectivity index (χ4v) is 3.44. The van der Waals surface area contributed by atoms with Crippen LogP contribution in [-0.2, 0) is 13.0 Å². The predicted molar refractivity (Wildman–Crippen MR) is 127 cm³/mol. The summed E-state index contributed by atoms with van der Waals surface area (Å²) in [4.78, 5) is 13.7. The minimum Gasteiger partial charge on any atom is -0.326 e. The molecule has 0 aliphatic heterocycles. The van der Waals surface area contributed by atoms with Gasteiger partial charge in [0, 0.05) is 36.4 Å². The summed E-state index contributed by atoms with van der Waals surface area (Å²) in [5, 5.41) is 6.60. The summed E-state index contributed by atoms with van der Waals surface area (Å²) in [5.74, 6) is 0.737. The summed E-state index contributed by atoms with van der Waals surface area (Å²) in [6, 6.07) is 16.3. The smallest absolute Gasteiger partial charge is 0.138 e. The fraction of sp³-hybridized carbons (Fsp3) is 0.200. The number of rotatable bonds is 4. The second-order valence-corrected chi connectivity index (χ2v) is 7.57. The van der Waals surface area contributed by atoms with Gasteiger partial charge in [-0.2, -0.15) is 5.10 Å². The Labute approximate surface area is 187 Å². The van der Waals surface area contributed by atoms with Gasteiger partial charge >= 0.3 is 0 Å². The van der Waals surface area contributed by atoms with Gasteiger partial charge in [-0.15, -0.1) is 0 Å². The van der Waals surface area contributed by atoms with Gasteiger partial charge < -0.3 is 5.73 Å². The molecule has 4 aromatic heterocycles. The van der Waals surface area contributed by atoms with Gasteiger partial charge in [0.05, 0.1) is 17.1 Å². The van der Waals surface area contributed by atoms with Gasteiger partial charge in [-0.25, -0.2) is 15.0 Å². The first-order chi connectivity index (χ1) is 15.6. The number of pyridine rings is 1. The molecule has 0 unspecified atom stereocenters.